The van der Waals surface area contributed by atoms with E-state index in [4.69, 9.17) is 5.73 Å². The van der Waals surface area contributed by atoms with Crippen molar-refractivity contribution < 1.29 is 4.79 Å². The van der Waals surface area contributed by atoms with E-state index in [1.807, 2.05) is 0 Å². The van der Waals surface area contributed by atoms with Gasteiger partial charge in [-0.3, -0.25) is 4.79 Å². The number of hydrogen-bond donors (Lipinski definition) is 2. The van der Waals surface area contributed by atoms with Gasteiger partial charge in [-0.15, -0.1) is 11.3 Å². The molecule has 3 atom stereocenters. The van der Waals surface area contributed by atoms with Gasteiger partial charge in [0.05, 0.1) is 5.69 Å². The highest BCUT2D eigenvalue weighted by molar-refractivity contribution is 7.15. The van der Waals surface area contributed by atoms with Crippen molar-refractivity contribution in [2.45, 2.75) is 44.6 Å². The number of anilines is 1. The molecule has 19 heavy (non-hydrogen) atoms. The first-order chi connectivity index (χ1) is 9.22. The van der Waals surface area contributed by atoms with E-state index < -0.39 is 0 Å². The first-order valence-electron chi connectivity index (χ1n) is 7.27. The van der Waals surface area contributed by atoms with Gasteiger partial charge in [-0.2, -0.15) is 0 Å². The van der Waals surface area contributed by atoms with Crippen LogP contribution in [0.3, 0.4) is 0 Å². The molecule has 1 aromatic heterocycles. The van der Waals surface area contributed by atoms with Crippen molar-refractivity contribution in [2.24, 2.45) is 23.5 Å². The van der Waals surface area contributed by atoms with Gasteiger partial charge in [0.15, 0.2) is 5.13 Å². The molecule has 3 aliphatic rings. The molecule has 2 saturated carbocycles. The molecule has 0 saturated heterocycles. The van der Waals surface area contributed by atoms with Gasteiger partial charge in [0.2, 0.25) is 5.91 Å². The highest BCUT2D eigenvalue weighted by Gasteiger charge is 2.56. The lowest BCUT2D eigenvalue weighted by atomic mass is 9.99. The van der Waals surface area contributed by atoms with Gasteiger partial charge in [0, 0.05) is 16.8 Å². The minimum atomic E-state index is 0.199. The molecule has 2 unspecified atom stereocenters. The average molecular weight is 277 g/mol. The Hall–Kier alpha value is -0.940. The van der Waals surface area contributed by atoms with Crippen LogP contribution in [0.4, 0.5) is 5.13 Å². The highest BCUT2D eigenvalue weighted by Crippen LogP contribution is 2.57. The lowest BCUT2D eigenvalue weighted by Crippen LogP contribution is -2.27. The number of nitrogens with zero attached hydrogens (tertiary/aromatic N) is 1. The van der Waals surface area contributed by atoms with Crippen LogP contribution in [-0.4, -0.2) is 16.9 Å². The van der Waals surface area contributed by atoms with Crippen LogP contribution in [0.25, 0.3) is 0 Å². The number of aromatic nitrogens is 1. The Morgan fingerprint density at radius 3 is 2.89 bits per heavy atom. The Balaban J connectivity index is 1.44. The number of carbonyl (C=O) groups excluding carboxylic acids is 1. The fourth-order valence-corrected chi connectivity index (χ4v) is 4.96. The predicted octanol–water partition coefficient (Wildman–Crippen LogP) is 1.94. The van der Waals surface area contributed by atoms with Crippen molar-refractivity contribution in [1.82, 2.24) is 4.98 Å². The van der Waals surface area contributed by atoms with Crippen LogP contribution in [0.5, 0.6) is 0 Å². The van der Waals surface area contributed by atoms with Crippen LogP contribution in [-0.2, 0) is 17.6 Å². The molecule has 2 fully saturated rings. The summed E-state index contributed by atoms with van der Waals surface area (Å²) in [7, 11) is 0. The summed E-state index contributed by atoms with van der Waals surface area (Å²) in [6.07, 6.45) is 6.67. The number of rotatable bonds is 2. The molecule has 0 radical (unpaired) electrons. The largest absolute Gasteiger partial charge is 0.327 e. The van der Waals surface area contributed by atoms with Crippen LogP contribution >= 0.6 is 11.3 Å². The van der Waals surface area contributed by atoms with Crippen LogP contribution in [0.2, 0.25) is 0 Å². The van der Waals surface area contributed by atoms with Crippen molar-refractivity contribution in [3.8, 4) is 0 Å². The van der Waals surface area contributed by atoms with Crippen molar-refractivity contribution in [3.63, 3.8) is 0 Å². The zero-order valence-corrected chi connectivity index (χ0v) is 11.7. The maximum atomic E-state index is 12.2. The zero-order chi connectivity index (χ0) is 13.0. The Morgan fingerprint density at radius 1 is 1.32 bits per heavy atom. The summed E-state index contributed by atoms with van der Waals surface area (Å²) in [5, 5.41) is 3.82. The number of carbonyl (C=O) groups is 1. The Bertz CT molecular complexity index is 517. The number of nitrogens with one attached hydrogen (secondary N) is 1. The van der Waals surface area contributed by atoms with E-state index in [1.165, 1.54) is 24.1 Å². The van der Waals surface area contributed by atoms with Crippen LogP contribution < -0.4 is 11.1 Å². The molecule has 4 nitrogen and oxygen atoms in total. The summed E-state index contributed by atoms with van der Waals surface area (Å²) < 4.78 is 0. The minimum absolute atomic E-state index is 0.199. The Kier molecular flexibility index (Phi) is 2.67. The lowest BCUT2D eigenvalue weighted by Gasteiger charge is -2.15. The molecular formula is C14H19N3OS. The van der Waals surface area contributed by atoms with Crippen molar-refractivity contribution >= 4 is 22.4 Å². The van der Waals surface area contributed by atoms with Gasteiger partial charge >= 0.3 is 0 Å². The van der Waals surface area contributed by atoms with Crippen LogP contribution in [0.15, 0.2) is 0 Å². The molecule has 0 aromatic carbocycles. The van der Waals surface area contributed by atoms with E-state index >= 15 is 0 Å². The SMILES string of the molecule is N[C@H]1CCc2nc(NC(=O)C3C4CCCC43)sc2C1. The second-order valence-corrected chi connectivity index (χ2v) is 7.25. The second kappa shape index (κ2) is 4.28. The fraction of sp³-hybridized carbons (Fsp3) is 0.714. The summed E-state index contributed by atoms with van der Waals surface area (Å²) in [5.74, 6) is 1.81. The van der Waals surface area contributed by atoms with Crippen LogP contribution in [0.1, 0.15) is 36.3 Å². The van der Waals surface area contributed by atoms with Crippen molar-refractivity contribution in [2.75, 3.05) is 5.32 Å². The summed E-state index contributed by atoms with van der Waals surface area (Å²) in [4.78, 5) is 18.0. The molecule has 5 heteroatoms. The average Bonchev–Trinajstić information content (AvgIpc) is 2.75. The van der Waals surface area contributed by atoms with Gasteiger partial charge in [0.1, 0.15) is 0 Å². The molecule has 102 valence electrons. The van der Waals surface area contributed by atoms with Gasteiger partial charge in [0.25, 0.3) is 0 Å². The van der Waals surface area contributed by atoms with E-state index in [0.29, 0.717) is 11.8 Å². The molecule has 1 amide bonds. The maximum absolute atomic E-state index is 12.2. The Labute approximate surface area is 116 Å². The van der Waals surface area contributed by atoms with E-state index in [2.05, 4.69) is 10.3 Å². The summed E-state index contributed by atoms with van der Waals surface area (Å²) >= 11 is 1.62. The quantitative estimate of drug-likeness (QED) is 0.868. The van der Waals surface area contributed by atoms with E-state index in [9.17, 15) is 4.79 Å². The molecule has 0 spiro atoms. The number of amides is 1. The van der Waals surface area contributed by atoms with Gasteiger partial charge in [-0.25, -0.2) is 4.98 Å². The topological polar surface area (TPSA) is 68.0 Å². The molecule has 1 heterocycles. The first-order valence-corrected chi connectivity index (χ1v) is 8.09. The first kappa shape index (κ1) is 11.9. The molecule has 1 aromatic rings. The lowest BCUT2D eigenvalue weighted by molar-refractivity contribution is -0.118. The summed E-state index contributed by atoms with van der Waals surface area (Å²) in [5.41, 5.74) is 7.12. The van der Waals surface area contributed by atoms with E-state index in [0.717, 1.165) is 30.1 Å². The van der Waals surface area contributed by atoms with E-state index in [-0.39, 0.29) is 17.9 Å². The maximum Gasteiger partial charge on any atom is 0.229 e. The minimum Gasteiger partial charge on any atom is -0.327 e. The summed E-state index contributed by atoms with van der Waals surface area (Å²) in [6.45, 7) is 0. The third kappa shape index (κ3) is 1.99. The number of thiazole rings is 1. The van der Waals surface area contributed by atoms with Crippen molar-refractivity contribution in [3.05, 3.63) is 10.6 Å². The molecular weight excluding hydrogens is 258 g/mol. The normalized spacial score (nSPS) is 35.6. The number of hydrogen-bond acceptors (Lipinski definition) is 4. The highest BCUT2D eigenvalue weighted by atomic mass is 32.1. The third-order valence-electron chi connectivity index (χ3n) is 4.92. The fourth-order valence-electron chi connectivity index (χ4n) is 3.85. The molecule has 4 rings (SSSR count). The number of aryl methyl sites for hydroxylation is 1. The molecule has 0 bridgehead atoms. The summed E-state index contributed by atoms with van der Waals surface area (Å²) in [6, 6.07) is 0.263. The standard InChI is InChI=1S/C14H19N3OS/c15-7-4-5-10-11(6-7)19-14(16-10)17-13(18)12-8-2-1-3-9(8)12/h7-9,12H,1-6,15H2,(H,16,17,18)/t7-,8?,9?,12?/m0/s1. The third-order valence-corrected chi connectivity index (χ3v) is 5.95. The van der Waals surface area contributed by atoms with Crippen LogP contribution in [0, 0.1) is 17.8 Å². The molecule has 0 aliphatic heterocycles. The zero-order valence-electron chi connectivity index (χ0n) is 10.9. The van der Waals surface area contributed by atoms with Gasteiger partial charge in [-0.1, -0.05) is 6.42 Å². The predicted molar refractivity (Wildman–Crippen MR) is 75.1 cm³/mol. The number of fused-ring (bicyclic) bond motifs is 2. The Morgan fingerprint density at radius 2 is 2.11 bits per heavy atom. The molecule has 3 N–H and O–H groups in total. The molecule has 3 aliphatic carbocycles. The van der Waals surface area contributed by atoms with Gasteiger partial charge < -0.3 is 11.1 Å². The van der Waals surface area contributed by atoms with Crippen molar-refractivity contribution in [1.29, 1.82) is 0 Å². The number of nitrogens with two attached hydrogens (primary N) is 1. The van der Waals surface area contributed by atoms with E-state index in [1.54, 1.807) is 11.3 Å². The monoisotopic (exact) mass is 277 g/mol. The van der Waals surface area contributed by atoms with Gasteiger partial charge in [-0.05, 0) is 43.9 Å². The smallest absolute Gasteiger partial charge is 0.229 e. The second-order valence-electron chi connectivity index (χ2n) is 6.17.